The Kier molecular flexibility index (Phi) is 4.27. The molecule has 0 fully saturated rings. The van der Waals surface area contributed by atoms with E-state index in [2.05, 4.69) is 27.5 Å². The lowest BCUT2D eigenvalue weighted by atomic mass is 10.1. The summed E-state index contributed by atoms with van der Waals surface area (Å²) in [6.07, 6.45) is 2.22. The van der Waals surface area contributed by atoms with Gasteiger partial charge in [-0.2, -0.15) is 5.10 Å². The SMILES string of the molecule is Cc1cc(NC(=O)Cc2c[nH]c3ccccc23)n(Cc2ccccc2)n1. The molecule has 0 radical (unpaired) electrons. The zero-order chi connectivity index (χ0) is 17.9. The third-order valence-electron chi connectivity index (χ3n) is 4.37. The maximum Gasteiger partial charge on any atom is 0.230 e. The summed E-state index contributed by atoms with van der Waals surface area (Å²) in [6, 6.07) is 20.0. The Morgan fingerprint density at radius 3 is 2.73 bits per heavy atom. The number of hydrogen-bond acceptors (Lipinski definition) is 2. The Balaban J connectivity index is 1.51. The van der Waals surface area contributed by atoms with Crippen molar-refractivity contribution in [2.45, 2.75) is 19.9 Å². The smallest absolute Gasteiger partial charge is 0.230 e. The molecule has 5 heteroatoms. The van der Waals surface area contributed by atoms with Gasteiger partial charge in [-0.1, -0.05) is 48.5 Å². The molecular weight excluding hydrogens is 324 g/mol. The molecule has 2 N–H and O–H groups in total. The van der Waals surface area contributed by atoms with Gasteiger partial charge in [-0.25, -0.2) is 4.68 Å². The lowest BCUT2D eigenvalue weighted by molar-refractivity contribution is -0.115. The first kappa shape index (κ1) is 16.1. The minimum atomic E-state index is -0.0519. The number of nitrogens with zero attached hydrogens (tertiary/aromatic N) is 2. The van der Waals surface area contributed by atoms with E-state index in [9.17, 15) is 4.79 Å². The van der Waals surface area contributed by atoms with Crippen LogP contribution in [-0.2, 0) is 17.8 Å². The minimum absolute atomic E-state index is 0.0519. The van der Waals surface area contributed by atoms with Gasteiger partial charge in [-0.3, -0.25) is 4.79 Å². The standard InChI is InChI=1S/C21H20N4O/c1-15-11-20(25(24-15)14-16-7-3-2-4-8-16)23-21(26)12-17-13-22-19-10-6-5-9-18(17)19/h2-11,13,22H,12,14H2,1H3,(H,23,26). The van der Waals surface area contributed by atoms with E-state index >= 15 is 0 Å². The lowest BCUT2D eigenvalue weighted by Gasteiger charge is -2.09. The summed E-state index contributed by atoms with van der Waals surface area (Å²) in [5.41, 5.74) is 4.05. The number of amides is 1. The van der Waals surface area contributed by atoms with Gasteiger partial charge >= 0.3 is 0 Å². The van der Waals surface area contributed by atoms with Crippen LogP contribution in [0.4, 0.5) is 5.82 Å². The van der Waals surface area contributed by atoms with Crippen molar-refractivity contribution in [3.05, 3.63) is 83.7 Å². The number of carbonyl (C=O) groups excluding carboxylic acids is 1. The molecule has 0 bridgehead atoms. The number of aromatic nitrogens is 3. The van der Waals surface area contributed by atoms with Crippen molar-refractivity contribution in [2.24, 2.45) is 0 Å². The highest BCUT2D eigenvalue weighted by atomic mass is 16.1. The van der Waals surface area contributed by atoms with Crippen molar-refractivity contribution in [1.82, 2.24) is 14.8 Å². The van der Waals surface area contributed by atoms with Crippen molar-refractivity contribution in [1.29, 1.82) is 0 Å². The van der Waals surface area contributed by atoms with Gasteiger partial charge in [0.2, 0.25) is 5.91 Å². The number of hydrogen-bond donors (Lipinski definition) is 2. The van der Waals surface area contributed by atoms with Crippen LogP contribution in [0.5, 0.6) is 0 Å². The van der Waals surface area contributed by atoms with Gasteiger partial charge in [0.15, 0.2) is 0 Å². The molecule has 2 aromatic carbocycles. The summed E-state index contributed by atoms with van der Waals surface area (Å²) in [7, 11) is 0. The van der Waals surface area contributed by atoms with Crippen molar-refractivity contribution in [3.8, 4) is 0 Å². The lowest BCUT2D eigenvalue weighted by Crippen LogP contribution is -2.17. The molecule has 1 amide bonds. The monoisotopic (exact) mass is 344 g/mol. The summed E-state index contributed by atoms with van der Waals surface area (Å²) in [5, 5.41) is 8.58. The summed E-state index contributed by atoms with van der Waals surface area (Å²) in [5.74, 6) is 0.667. The molecule has 4 aromatic rings. The molecule has 0 aliphatic rings. The van der Waals surface area contributed by atoms with Crippen LogP contribution in [0.1, 0.15) is 16.8 Å². The Morgan fingerprint density at radius 2 is 1.88 bits per heavy atom. The van der Waals surface area contributed by atoms with Gasteiger partial charge in [0.25, 0.3) is 0 Å². The summed E-state index contributed by atoms with van der Waals surface area (Å²) in [6.45, 7) is 2.55. The number of carbonyl (C=O) groups is 1. The maximum atomic E-state index is 12.6. The number of fused-ring (bicyclic) bond motifs is 1. The zero-order valence-electron chi connectivity index (χ0n) is 14.6. The second kappa shape index (κ2) is 6.88. The highest BCUT2D eigenvalue weighted by molar-refractivity contribution is 5.95. The van der Waals surface area contributed by atoms with E-state index in [0.717, 1.165) is 33.5 Å². The molecule has 4 rings (SSSR count). The first-order valence-corrected chi connectivity index (χ1v) is 8.62. The summed E-state index contributed by atoms with van der Waals surface area (Å²) in [4.78, 5) is 15.8. The number of para-hydroxylation sites is 1. The number of aryl methyl sites for hydroxylation is 1. The molecule has 2 heterocycles. The molecular formula is C21H20N4O. The predicted molar refractivity (Wildman–Crippen MR) is 103 cm³/mol. The maximum absolute atomic E-state index is 12.6. The number of nitrogens with one attached hydrogen (secondary N) is 2. The van der Waals surface area contributed by atoms with E-state index in [1.54, 1.807) is 0 Å². The van der Waals surface area contributed by atoms with Crippen LogP contribution in [-0.4, -0.2) is 20.7 Å². The number of benzene rings is 2. The van der Waals surface area contributed by atoms with Crippen LogP contribution < -0.4 is 5.32 Å². The molecule has 0 aliphatic heterocycles. The molecule has 0 saturated carbocycles. The van der Waals surface area contributed by atoms with Crippen molar-refractivity contribution < 1.29 is 4.79 Å². The fourth-order valence-electron chi connectivity index (χ4n) is 3.16. The molecule has 130 valence electrons. The minimum Gasteiger partial charge on any atom is -0.361 e. The first-order valence-electron chi connectivity index (χ1n) is 8.62. The zero-order valence-corrected chi connectivity index (χ0v) is 14.6. The number of aromatic amines is 1. The quantitative estimate of drug-likeness (QED) is 0.577. The predicted octanol–water partition coefficient (Wildman–Crippen LogP) is 3.90. The molecule has 0 unspecified atom stereocenters. The second-order valence-electron chi connectivity index (χ2n) is 6.40. The van der Waals surface area contributed by atoms with Crippen molar-refractivity contribution in [3.63, 3.8) is 0 Å². The normalized spacial score (nSPS) is 11.0. The van der Waals surface area contributed by atoms with E-state index < -0.39 is 0 Å². The number of H-pyrrole nitrogens is 1. The van der Waals surface area contributed by atoms with E-state index in [1.165, 1.54) is 0 Å². The highest BCUT2D eigenvalue weighted by Gasteiger charge is 2.12. The average molecular weight is 344 g/mol. The third-order valence-corrected chi connectivity index (χ3v) is 4.37. The third kappa shape index (κ3) is 3.37. The van der Waals surface area contributed by atoms with Gasteiger partial charge in [-0.15, -0.1) is 0 Å². The van der Waals surface area contributed by atoms with E-state index in [1.807, 2.05) is 66.3 Å². The first-order chi connectivity index (χ1) is 12.7. The number of rotatable bonds is 5. The summed E-state index contributed by atoms with van der Waals surface area (Å²) >= 11 is 0. The van der Waals surface area contributed by atoms with Crippen LogP contribution in [0.15, 0.2) is 66.9 Å². The topological polar surface area (TPSA) is 62.7 Å². The Bertz CT molecular complexity index is 1050. The van der Waals surface area contributed by atoms with Gasteiger partial charge < -0.3 is 10.3 Å². The molecule has 0 spiro atoms. The molecule has 0 atom stereocenters. The molecule has 26 heavy (non-hydrogen) atoms. The van der Waals surface area contributed by atoms with Gasteiger partial charge in [0, 0.05) is 23.2 Å². The Hall–Kier alpha value is -3.34. The average Bonchev–Trinajstić information content (AvgIpc) is 3.19. The van der Waals surface area contributed by atoms with Gasteiger partial charge in [0.05, 0.1) is 18.7 Å². The fraction of sp³-hybridized carbons (Fsp3) is 0.143. The van der Waals surface area contributed by atoms with E-state index in [-0.39, 0.29) is 5.91 Å². The van der Waals surface area contributed by atoms with Crippen LogP contribution in [0.2, 0.25) is 0 Å². The van der Waals surface area contributed by atoms with Crippen LogP contribution in [0.25, 0.3) is 10.9 Å². The highest BCUT2D eigenvalue weighted by Crippen LogP contribution is 2.19. The van der Waals surface area contributed by atoms with E-state index in [4.69, 9.17) is 0 Å². The molecule has 0 aliphatic carbocycles. The second-order valence-corrected chi connectivity index (χ2v) is 6.40. The number of anilines is 1. The van der Waals surface area contributed by atoms with Crippen molar-refractivity contribution in [2.75, 3.05) is 5.32 Å². The Labute approximate surface area is 151 Å². The molecule has 5 nitrogen and oxygen atoms in total. The van der Waals surface area contributed by atoms with Crippen LogP contribution >= 0.6 is 0 Å². The molecule has 2 aromatic heterocycles. The van der Waals surface area contributed by atoms with Crippen LogP contribution in [0, 0.1) is 6.92 Å². The van der Waals surface area contributed by atoms with Gasteiger partial charge in [-0.05, 0) is 24.1 Å². The largest absolute Gasteiger partial charge is 0.361 e. The summed E-state index contributed by atoms with van der Waals surface area (Å²) < 4.78 is 1.83. The molecule has 0 saturated heterocycles. The Morgan fingerprint density at radius 1 is 1.12 bits per heavy atom. The van der Waals surface area contributed by atoms with Crippen LogP contribution in [0.3, 0.4) is 0 Å². The van der Waals surface area contributed by atoms with Gasteiger partial charge in [0.1, 0.15) is 5.82 Å². The van der Waals surface area contributed by atoms with E-state index in [0.29, 0.717) is 13.0 Å². The fourth-order valence-corrected chi connectivity index (χ4v) is 3.16. The van der Waals surface area contributed by atoms with Crippen molar-refractivity contribution >= 4 is 22.6 Å².